The molecule has 3 aromatic heterocycles. The molecule has 0 fully saturated rings. The van der Waals surface area contributed by atoms with Crippen molar-refractivity contribution in [2.75, 3.05) is 0 Å². The summed E-state index contributed by atoms with van der Waals surface area (Å²) in [6.07, 6.45) is 2.42. The van der Waals surface area contributed by atoms with Crippen molar-refractivity contribution in [3.63, 3.8) is 0 Å². The fourth-order valence-corrected chi connectivity index (χ4v) is 3.32. The van der Waals surface area contributed by atoms with Crippen molar-refractivity contribution in [3.05, 3.63) is 34.2 Å². The maximum Gasteiger partial charge on any atom is 0.339 e. The van der Waals surface area contributed by atoms with Crippen molar-refractivity contribution in [1.29, 1.82) is 0 Å². The number of carboxylic acid groups (broad SMARTS) is 1. The van der Waals surface area contributed by atoms with Gasteiger partial charge in [0, 0.05) is 4.88 Å². The first-order valence-corrected chi connectivity index (χ1v) is 7.37. The molecule has 0 aromatic carbocycles. The van der Waals surface area contributed by atoms with Gasteiger partial charge in [-0.2, -0.15) is 5.10 Å². The molecule has 3 heterocycles. The van der Waals surface area contributed by atoms with Crippen LogP contribution in [0.3, 0.4) is 0 Å². The number of aryl methyl sites for hydroxylation is 2. The Morgan fingerprint density at radius 3 is 2.76 bits per heavy atom. The average molecular weight is 302 g/mol. The van der Waals surface area contributed by atoms with Crippen LogP contribution in [0.5, 0.6) is 0 Å². The number of fused-ring (bicyclic) bond motifs is 1. The lowest BCUT2D eigenvalue weighted by Gasteiger charge is -2.04. The molecule has 6 nitrogen and oxygen atoms in total. The third kappa shape index (κ3) is 2.09. The first-order chi connectivity index (χ1) is 10.0. The first-order valence-electron chi connectivity index (χ1n) is 6.56. The molecule has 0 spiro atoms. The number of carboxylic acids is 1. The average Bonchev–Trinajstić information content (AvgIpc) is 2.99. The van der Waals surface area contributed by atoms with Gasteiger partial charge in [-0.05, 0) is 26.3 Å². The van der Waals surface area contributed by atoms with E-state index in [9.17, 15) is 9.90 Å². The van der Waals surface area contributed by atoms with Gasteiger partial charge in [0.25, 0.3) is 0 Å². The number of aromatic nitrogens is 4. The molecule has 0 aliphatic rings. The maximum atomic E-state index is 11.3. The minimum Gasteiger partial charge on any atom is -0.478 e. The Hall–Kier alpha value is -2.28. The summed E-state index contributed by atoms with van der Waals surface area (Å²) in [4.78, 5) is 22.0. The second-order valence-electron chi connectivity index (χ2n) is 4.75. The van der Waals surface area contributed by atoms with E-state index in [4.69, 9.17) is 0 Å². The molecule has 0 aliphatic carbocycles. The molecular formula is C14H14N4O2S. The predicted octanol–water partition coefficient (Wildman–Crippen LogP) is 2.75. The summed E-state index contributed by atoms with van der Waals surface area (Å²) in [6, 6.07) is 2.05. The summed E-state index contributed by atoms with van der Waals surface area (Å²) in [6.45, 7) is 5.52. The van der Waals surface area contributed by atoms with Crippen molar-refractivity contribution >= 4 is 27.5 Å². The molecule has 0 atom stereocenters. The summed E-state index contributed by atoms with van der Waals surface area (Å²) in [7, 11) is 0. The fourth-order valence-electron chi connectivity index (χ4n) is 2.39. The third-order valence-electron chi connectivity index (χ3n) is 3.41. The first kappa shape index (κ1) is 13.7. The molecule has 108 valence electrons. The standard InChI is InChI=1S/C14H14N4O2S/c1-4-9-5-10-12(15-6-16-13(10)21-9)18-8(3)11(14(19)20)7(2)17-18/h5-6H,4H2,1-3H3,(H,19,20). The van der Waals surface area contributed by atoms with Crippen LogP contribution in [-0.2, 0) is 6.42 Å². The van der Waals surface area contributed by atoms with E-state index < -0.39 is 5.97 Å². The van der Waals surface area contributed by atoms with Crippen molar-refractivity contribution in [1.82, 2.24) is 19.7 Å². The lowest BCUT2D eigenvalue weighted by Crippen LogP contribution is -2.04. The minimum absolute atomic E-state index is 0.229. The Kier molecular flexibility index (Phi) is 3.21. The van der Waals surface area contributed by atoms with Crippen molar-refractivity contribution in [3.8, 4) is 5.82 Å². The van der Waals surface area contributed by atoms with Crippen LogP contribution < -0.4 is 0 Å². The van der Waals surface area contributed by atoms with Crippen LogP contribution in [0.15, 0.2) is 12.4 Å². The number of aromatic carboxylic acids is 1. The van der Waals surface area contributed by atoms with Crippen LogP contribution >= 0.6 is 11.3 Å². The molecule has 3 aromatic rings. The zero-order valence-corrected chi connectivity index (χ0v) is 12.7. The van der Waals surface area contributed by atoms with Gasteiger partial charge in [0.2, 0.25) is 0 Å². The zero-order chi connectivity index (χ0) is 15.1. The Balaban J connectivity index is 2.28. The van der Waals surface area contributed by atoms with E-state index >= 15 is 0 Å². The van der Waals surface area contributed by atoms with Gasteiger partial charge in [0.15, 0.2) is 5.82 Å². The highest BCUT2D eigenvalue weighted by Crippen LogP contribution is 2.28. The molecule has 1 N–H and O–H groups in total. The van der Waals surface area contributed by atoms with E-state index in [1.165, 1.54) is 11.2 Å². The lowest BCUT2D eigenvalue weighted by atomic mass is 10.2. The van der Waals surface area contributed by atoms with E-state index in [1.54, 1.807) is 29.9 Å². The van der Waals surface area contributed by atoms with Crippen LogP contribution in [-0.4, -0.2) is 30.8 Å². The molecule has 0 saturated carbocycles. The van der Waals surface area contributed by atoms with Gasteiger partial charge < -0.3 is 5.11 Å². The molecule has 0 amide bonds. The number of carbonyl (C=O) groups is 1. The molecular weight excluding hydrogens is 288 g/mol. The van der Waals surface area contributed by atoms with Crippen molar-refractivity contribution in [2.24, 2.45) is 0 Å². The quantitative estimate of drug-likeness (QED) is 0.804. The molecule has 0 radical (unpaired) electrons. The van der Waals surface area contributed by atoms with Gasteiger partial charge in [-0.3, -0.25) is 0 Å². The fraction of sp³-hybridized carbons (Fsp3) is 0.286. The molecule has 7 heteroatoms. The van der Waals surface area contributed by atoms with Gasteiger partial charge >= 0.3 is 5.97 Å². The topological polar surface area (TPSA) is 80.9 Å². The highest BCUT2D eigenvalue weighted by Gasteiger charge is 2.20. The molecule has 0 unspecified atom stereocenters. The van der Waals surface area contributed by atoms with E-state index in [1.807, 2.05) is 6.07 Å². The van der Waals surface area contributed by atoms with Crippen LogP contribution in [0.25, 0.3) is 16.0 Å². The molecule has 0 aliphatic heterocycles. The third-order valence-corrected chi connectivity index (χ3v) is 4.60. The van der Waals surface area contributed by atoms with Gasteiger partial charge in [0.1, 0.15) is 16.7 Å². The highest BCUT2D eigenvalue weighted by molar-refractivity contribution is 7.18. The second-order valence-corrected chi connectivity index (χ2v) is 5.86. The smallest absolute Gasteiger partial charge is 0.339 e. The van der Waals surface area contributed by atoms with Crippen LogP contribution in [0.4, 0.5) is 0 Å². The number of hydrogen-bond acceptors (Lipinski definition) is 5. The lowest BCUT2D eigenvalue weighted by molar-refractivity contribution is 0.0695. The maximum absolute atomic E-state index is 11.3. The van der Waals surface area contributed by atoms with E-state index in [0.717, 1.165) is 16.6 Å². The van der Waals surface area contributed by atoms with Crippen molar-refractivity contribution < 1.29 is 9.90 Å². The number of nitrogens with zero attached hydrogens (tertiary/aromatic N) is 4. The Morgan fingerprint density at radius 2 is 2.14 bits per heavy atom. The number of hydrogen-bond donors (Lipinski definition) is 1. The second kappa shape index (κ2) is 4.92. The van der Waals surface area contributed by atoms with Gasteiger partial charge in [-0.15, -0.1) is 11.3 Å². The summed E-state index contributed by atoms with van der Waals surface area (Å²) in [5.74, 6) is -0.342. The Bertz CT molecular complexity index is 850. The monoisotopic (exact) mass is 302 g/mol. The van der Waals surface area contributed by atoms with Crippen LogP contribution in [0, 0.1) is 13.8 Å². The summed E-state index contributed by atoms with van der Waals surface area (Å²) < 4.78 is 1.59. The molecule has 0 bridgehead atoms. The van der Waals surface area contributed by atoms with Gasteiger partial charge in [0.05, 0.1) is 16.8 Å². The zero-order valence-electron chi connectivity index (χ0n) is 11.9. The van der Waals surface area contributed by atoms with Gasteiger partial charge in [-0.1, -0.05) is 6.92 Å². The predicted molar refractivity (Wildman–Crippen MR) is 80.3 cm³/mol. The number of rotatable bonds is 3. The summed E-state index contributed by atoms with van der Waals surface area (Å²) in [5, 5.41) is 14.5. The van der Waals surface area contributed by atoms with Crippen molar-refractivity contribution in [2.45, 2.75) is 27.2 Å². The van der Waals surface area contributed by atoms with E-state index in [-0.39, 0.29) is 5.56 Å². The Labute approximate surface area is 125 Å². The molecule has 0 saturated heterocycles. The molecule has 3 rings (SSSR count). The normalized spacial score (nSPS) is 11.2. The summed E-state index contributed by atoms with van der Waals surface area (Å²) >= 11 is 1.62. The number of thiophene rings is 1. The van der Waals surface area contributed by atoms with E-state index in [2.05, 4.69) is 22.0 Å². The summed E-state index contributed by atoms with van der Waals surface area (Å²) in [5.41, 5.74) is 1.29. The molecule has 21 heavy (non-hydrogen) atoms. The highest BCUT2D eigenvalue weighted by atomic mass is 32.1. The SMILES string of the molecule is CCc1cc2c(-n3nc(C)c(C(=O)O)c3C)ncnc2s1. The van der Waals surface area contributed by atoms with E-state index in [0.29, 0.717) is 17.2 Å². The Morgan fingerprint density at radius 1 is 1.38 bits per heavy atom. The minimum atomic E-state index is -0.971. The van der Waals surface area contributed by atoms with Crippen LogP contribution in [0.2, 0.25) is 0 Å². The largest absolute Gasteiger partial charge is 0.478 e. The van der Waals surface area contributed by atoms with Gasteiger partial charge in [-0.25, -0.2) is 19.4 Å². The van der Waals surface area contributed by atoms with Crippen LogP contribution in [0.1, 0.15) is 33.5 Å².